The van der Waals surface area contributed by atoms with Gasteiger partial charge in [0.05, 0.1) is 20.0 Å². The molecule has 0 N–H and O–H groups in total. The molecule has 2 rings (SSSR count). The van der Waals surface area contributed by atoms with Crippen molar-refractivity contribution in [2.24, 2.45) is 0 Å². The average Bonchev–Trinajstić information content (AvgIpc) is 2.15. The summed E-state index contributed by atoms with van der Waals surface area (Å²) >= 11 is 0. The molecule has 1 fully saturated rings. The van der Waals surface area contributed by atoms with Crippen molar-refractivity contribution >= 4 is 11.7 Å². The second-order valence-electron chi connectivity index (χ2n) is 3.69. The van der Waals surface area contributed by atoms with Gasteiger partial charge in [-0.05, 0) is 12.8 Å². The van der Waals surface area contributed by atoms with Gasteiger partial charge in [-0.2, -0.15) is 0 Å². The van der Waals surface area contributed by atoms with E-state index in [1.165, 1.54) is 0 Å². The van der Waals surface area contributed by atoms with E-state index < -0.39 is 6.23 Å². The Kier molecular flexibility index (Phi) is 2.07. The molecule has 13 heavy (non-hydrogen) atoms. The summed E-state index contributed by atoms with van der Waals surface area (Å²) in [4.78, 5) is 13.2. The molecule has 1 amide bonds. The monoisotopic (exact) mass is 182 g/mol. The summed E-state index contributed by atoms with van der Waals surface area (Å²) in [6, 6.07) is 0. The fourth-order valence-corrected chi connectivity index (χ4v) is 2.02. The molecule has 0 aliphatic carbocycles. The Balaban J connectivity index is 2.33. The van der Waals surface area contributed by atoms with Gasteiger partial charge in [0.1, 0.15) is 0 Å². The Labute approximate surface area is 77.5 Å². The lowest BCUT2D eigenvalue weighted by molar-refractivity contribution is -0.716. The average molecular weight is 182 g/mol. The zero-order valence-corrected chi connectivity index (χ0v) is 7.82. The lowest BCUT2D eigenvalue weighted by atomic mass is 10.1. The van der Waals surface area contributed by atoms with Gasteiger partial charge in [-0.15, -0.1) is 0 Å². The van der Waals surface area contributed by atoms with Crippen LogP contribution in [0.5, 0.6) is 0 Å². The van der Waals surface area contributed by atoms with Crippen molar-refractivity contribution in [3.05, 3.63) is 0 Å². The first kappa shape index (κ1) is 8.69. The van der Waals surface area contributed by atoms with Gasteiger partial charge in [0.15, 0.2) is 0 Å². The smallest absolute Gasteiger partial charge is 0.312 e. The SMILES string of the molecule is C[N+]1=C2CCCCN2C(=O)CC1[O-]. The number of carbonyl (C=O) groups excluding carboxylic acids is 1. The maximum atomic E-state index is 11.5. The van der Waals surface area contributed by atoms with Crippen LogP contribution in [0.3, 0.4) is 0 Å². The van der Waals surface area contributed by atoms with Crippen molar-refractivity contribution in [1.29, 1.82) is 0 Å². The van der Waals surface area contributed by atoms with Crippen molar-refractivity contribution in [2.45, 2.75) is 31.9 Å². The molecule has 0 radical (unpaired) electrons. The van der Waals surface area contributed by atoms with Gasteiger partial charge in [-0.3, -0.25) is 4.58 Å². The Morgan fingerprint density at radius 1 is 1.54 bits per heavy atom. The van der Waals surface area contributed by atoms with Crippen LogP contribution in [0.2, 0.25) is 0 Å². The number of piperidine rings is 1. The van der Waals surface area contributed by atoms with Crippen LogP contribution in [0.25, 0.3) is 0 Å². The summed E-state index contributed by atoms with van der Waals surface area (Å²) in [6.45, 7) is 0.797. The summed E-state index contributed by atoms with van der Waals surface area (Å²) in [5.74, 6) is 0.940. The van der Waals surface area contributed by atoms with Crippen molar-refractivity contribution in [2.75, 3.05) is 13.6 Å². The number of carbonyl (C=O) groups is 1. The summed E-state index contributed by atoms with van der Waals surface area (Å²) in [5.41, 5.74) is 0. The maximum Gasteiger partial charge on any atom is 0.312 e. The molecule has 0 bridgehead atoms. The third-order valence-electron chi connectivity index (χ3n) is 2.83. The van der Waals surface area contributed by atoms with E-state index in [-0.39, 0.29) is 12.3 Å². The first-order valence-corrected chi connectivity index (χ1v) is 4.75. The third-order valence-corrected chi connectivity index (χ3v) is 2.83. The minimum atomic E-state index is -0.864. The van der Waals surface area contributed by atoms with Crippen molar-refractivity contribution in [3.63, 3.8) is 0 Å². The number of amides is 1. The van der Waals surface area contributed by atoms with Crippen molar-refractivity contribution < 1.29 is 14.5 Å². The van der Waals surface area contributed by atoms with E-state index in [0.717, 1.165) is 31.6 Å². The molecule has 0 aromatic carbocycles. The van der Waals surface area contributed by atoms with Crippen LogP contribution in [0.15, 0.2) is 0 Å². The lowest BCUT2D eigenvalue weighted by Crippen LogP contribution is -2.56. The molecular weight excluding hydrogens is 168 g/mol. The second-order valence-corrected chi connectivity index (χ2v) is 3.69. The van der Waals surface area contributed by atoms with Crippen LogP contribution in [0.4, 0.5) is 0 Å². The molecule has 2 aliphatic heterocycles. The Morgan fingerprint density at radius 2 is 2.31 bits per heavy atom. The van der Waals surface area contributed by atoms with Gasteiger partial charge in [0.2, 0.25) is 0 Å². The van der Waals surface area contributed by atoms with Crippen molar-refractivity contribution in [3.8, 4) is 0 Å². The van der Waals surface area contributed by atoms with E-state index in [2.05, 4.69) is 0 Å². The third kappa shape index (κ3) is 1.35. The van der Waals surface area contributed by atoms with Crippen LogP contribution in [0.1, 0.15) is 25.7 Å². The van der Waals surface area contributed by atoms with E-state index in [1.807, 2.05) is 0 Å². The van der Waals surface area contributed by atoms with E-state index in [0.29, 0.717) is 0 Å². The van der Waals surface area contributed by atoms with E-state index in [9.17, 15) is 9.90 Å². The van der Waals surface area contributed by atoms with Crippen LogP contribution in [-0.4, -0.2) is 41.0 Å². The number of rotatable bonds is 0. The number of nitrogens with zero attached hydrogens (tertiary/aromatic N) is 2. The first-order valence-electron chi connectivity index (χ1n) is 4.75. The van der Waals surface area contributed by atoms with Gasteiger partial charge in [0, 0.05) is 12.6 Å². The molecule has 4 heteroatoms. The highest BCUT2D eigenvalue weighted by Gasteiger charge is 2.36. The lowest BCUT2D eigenvalue weighted by Gasteiger charge is -2.34. The largest absolute Gasteiger partial charge is 0.818 e. The maximum absolute atomic E-state index is 11.5. The Hall–Kier alpha value is -0.900. The normalized spacial score (nSPS) is 29.2. The zero-order valence-electron chi connectivity index (χ0n) is 7.82. The Bertz CT molecular complexity index is 273. The molecule has 1 saturated heterocycles. The number of fused-ring (bicyclic) bond motifs is 1. The molecule has 1 unspecified atom stereocenters. The first-order chi connectivity index (χ1) is 6.20. The molecule has 2 heterocycles. The van der Waals surface area contributed by atoms with E-state index in [4.69, 9.17) is 0 Å². The summed E-state index contributed by atoms with van der Waals surface area (Å²) in [6.07, 6.45) is 2.29. The van der Waals surface area contributed by atoms with Gasteiger partial charge < -0.3 is 5.11 Å². The van der Waals surface area contributed by atoms with Gasteiger partial charge in [-0.25, -0.2) is 9.69 Å². The van der Waals surface area contributed by atoms with Gasteiger partial charge >= 0.3 is 5.91 Å². The van der Waals surface area contributed by atoms with Crippen LogP contribution < -0.4 is 5.11 Å². The topological polar surface area (TPSA) is 46.4 Å². The number of hydrogen-bond acceptors (Lipinski definition) is 2. The van der Waals surface area contributed by atoms with E-state index >= 15 is 0 Å². The van der Waals surface area contributed by atoms with Gasteiger partial charge in [-0.1, -0.05) is 0 Å². The minimum Gasteiger partial charge on any atom is -0.818 e. The van der Waals surface area contributed by atoms with Crippen LogP contribution in [0, 0.1) is 0 Å². The second kappa shape index (κ2) is 3.10. The molecule has 4 nitrogen and oxygen atoms in total. The number of amidine groups is 1. The van der Waals surface area contributed by atoms with Gasteiger partial charge in [0.25, 0.3) is 5.84 Å². The molecule has 0 saturated carbocycles. The quantitative estimate of drug-likeness (QED) is 0.457. The van der Waals surface area contributed by atoms with Crippen LogP contribution in [-0.2, 0) is 4.79 Å². The number of hydrogen-bond donors (Lipinski definition) is 0. The Morgan fingerprint density at radius 3 is 3.08 bits per heavy atom. The molecule has 0 aromatic heterocycles. The van der Waals surface area contributed by atoms with E-state index in [1.54, 1.807) is 16.5 Å². The fourth-order valence-electron chi connectivity index (χ4n) is 2.02. The molecule has 72 valence electrons. The molecular formula is C9H14N2O2. The molecule has 1 atom stereocenters. The molecule has 2 aliphatic rings. The summed E-state index contributed by atoms with van der Waals surface area (Å²) in [5, 5.41) is 11.4. The summed E-state index contributed by atoms with van der Waals surface area (Å²) in [7, 11) is 1.79. The van der Waals surface area contributed by atoms with Crippen molar-refractivity contribution in [1.82, 2.24) is 4.90 Å². The fraction of sp³-hybridized carbons (Fsp3) is 0.778. The highest BCUT2D eigenvalue weighted by Crippen LogP contribution is 2.17. The minimum absolute atomic E-state index is 0.00722. The zero-order chi connectivity index (χ0) is 9.42. The standard InChI is InChI=1S/C9H14N2O2/c1-10-7-4-2-3-5-11(7)9(13)6-8(10)12/h8H,2-6H2,1H3. The highest BCUT2D eigenvalue weighted by molar-refractivity contribution is 5.97. The predicted molar refractivity (Wildman–Crippen MR) is 45.2 cm³/mol. The predicted octanol–water partition coefficient (Wildman–Crippen LogP) is -0.870. The summed E-state index contributed by atoms with van der Waals surface area (Å²) < 4.78 is 1.71. The molecule has 0 aromatic rings. The van der Waals surface area contributed by atoms with Crippen LogP contribution >= 0.6 is 0 Å². The highest BCUT2D eigenvalue weighted by atomic mass is 16.3. The molecule has 0 spiro atoms.